The van der Waals surface area contributed by atoms with Gasteiger partial charge in [-0.2, -0.15) is 0 Å². The van der Waals surface area contributed by atoms with Crippen molar-refractivity contribution in [3.05, 3.63) is 30.1 Å². The number of nitrogens with two attached hydrogens (primary N) is 1. The summed E-state index contributed by atoms with van der Waals surface area (Å²) in [4.78, 5) is 6.56. The van der Waals surface area contributed by atoms with Crippen LogP contribution in [-0.4, -0.2) is 29.5 Å². The van der Waals surface area contributed by atoms with Gasteiger partial charge in [-0.05, 0) is 31.5 Å². The predicted molar refractivity (Wildman–Crippen MR) is 61.4 cm³/mol. The molecular formula is C12H19N3. The lowest BCUT2D eigenvalue weighted by Crippen LogP contribution is -2.42. The molecule has 1 heterocycles. The third-order valence-corrected chi connectivity index (χ3v) is 3.43. The zero-order valence-corrected chi connectivity index (χ0v) is 9.26. The fourth-order valence-corrected chi connectivity index (χ4v) is 2.16. The van der Waals surface area contributed by atoms with E-state index in [1.807, 2.05) is 12.3 Å². The van der Waals surface area contributed by atoms with Crippen molar-refractivity contribution in [1.82, 2.24) is 9.88 Å². The lowest BCUT2D eigenvalue weighted by atomic mass is 9.90. The van der Waals surface area contributed by atoms with Crippen LogP contribution < -0.4 is 5.73 Å². The first kappa shape index (κ1) is 10.6. The van der Waals surface area contributed by atoms with Gasteiger partial charge in [-0.15, -0.1) is 0 Å². The van der Waals surface area contributed by atoms with Gasteiger partial charge >= 0.3 is 0 Å². The molecule has 0 amide bonds. The van der Waals surface area contributed by atoms with Crippen molar-refractivity contribution >= 4 is 0 Å². The smallest absolute Gasteiger partial charge is 0.0485 e. The summed E-state index contributed by atoms with van der Waals surface area (Å²) >= 11 is 0. The van der Waals surface area contributed by atoms with Crippen LogP contribution in [0.25, 0.3) is 0 Å². The van der Waals surface area contributed by atoms with Crippen LogP contribution in [0.15, 0.2) is 24.5 Å². The van der Waals surface area contributed by atoms with Crippen LogP contribution in [0.4, 0.5) is 0 Å². The van der Waals surface area contributed by atoms with E-state index >= 15 is 0 Å². The van der Waals surface area contributed by atoms with E-state index in [1.165, 1.54) is 24.8 Å². The minimum Gasteiger partial charge on any atom is -0.329 e. The number of nitrogens with zero attached hydrogens (tertiary/aromatic N) is 2. The van der Waals surface area contributed by atoms with Crippen LogP contribution in [0.2, 0.25) is 0 Å². The SMILES string of the molecule is CN(C1CCC1)C(CN)c1cccnc1. The molecule has 3 nitrogen and oxygen atoms in total. The molecule has 82 valence electrons. The minimum atomic E-state index is 0.323. The van der Waals surface area contributed by atoms with E-state index < -0.39 is 0 Å². The Morgan fingerprint density at radius 3 is 2.87 bits per heavy atom. The summed E-state index contributed by atoms with van der Waals surface area (Å²) in [7, 11) is 2.17. The molecule has 0 saturated heterocycles. The molecule has 1 aromatic heterocycles. The summed E-state index contributed by atoms with van der Waals surface area (Å²) in [6.07, 6.45) is 7.72. The van der Waals surface area contributed by atoms with Crippen molar-refractivity contribution in [3.63, 3.8) is 0 Å². The molecule has 1 saturated carbocycles. The molecule has 1 aliphatic rings. The standard InChI is InChI=1S/C12H19N3/c1-15(11-5-2-6-11)12(8-13)10-4-3-7-14-9-10/h3-4,7,9,11-12H,2,5-6,8,13H2,1H3. The van der Waals surface area contributed by atoms with Crippen molar-refractivity contribution in [2.45, 2.75) is 31.3 Å². The van der Waals surface area contributed by atoms with Gasteiger partial charge < -0.3 is 5.73 Å². The third-order valence-electron chi connectivity index (χ3n) is 3.43. The lowest BCUT2D eigenvalue weighted by Gasteiger charge is -2.39. The molecule has 15 heavy (non-hydrogen) atoms. The Bertz CT molecular complexity index is 295. The van der Waals surface area contributed by atoms with Gasteiger partial charge in [0.2, 0.25) is 0 Å². The summed E-state index contributed by atoms with van der Waals surface area (Å²) in [5, 5.41) is 0. The molecule has 3 heteroatoms. The van der Waals surface area contributed by atoms with Crippen molar-refractivity contribution in [1.29, 1.82) is 0 Å². The molecular weight excluding hydrogens is 186 g/mol. The molecule has 0 radical (unpaired) electrons. The Labute approximate surface area is 91.3 Å². The molecule has 0 aromatic carbocycles. The first-order valence-corrected chi connectivity index (χ1v) is 5.65. The fourth-order valence-electron chi connectivity index (χ4n) is 2.16. The van der Waals surface area contributed by atoms with Crippen LogP contribution in [0.3, 0.4) is 0 Å². The Morgan fingerprint density at radius 1 is 1.60 bits per heavy atom. The van der Waals surface area contributed by atoms with Crippen LogP contribution >= 0.6 is 0 Å². The Hall–Kier alpha value is -0.930. The van der Waals surface area contributed by atoms with E-state index in [2.05, 4.69) is 23.0 Å². The number of hydrogen-bond donors (Lipinski definition) is 1. The van der Waals surface area contributed by atoms with Crippen molar-refractivity contribution in [3.8, 4) is 0 Å². The maximum atomic E-state index is 5.85. The summed E-state index contributed by atoms with van der Waals surface area (Å²) < 4.78 is 0. The Balaban J connectivity index is 2.09. The van der Waals surface area contributed by atoms with E-state index in [-0.39, 0.29) is 0 Å². The van der Waals surface area contributed by atoms with Gasteiger partial charge in [0, 0.05) is 31.0 Å². The summed E-state index contributed by atoms with van der Waals surface area (Å²) in [6.45, 7) is 0.665. The molecule has 1 unspecified atom stereocenters. The molecule has 1 fully saturated rings. The van der Waals surface area contributed by atoms with E-state index in [9.17, 15) is 0 Å². The van der Waals surface area contributed by atoms with Crippen molar-refractivity contribution in [2.24, 2.45) is 5.73 Å². The van der Waals surface area contributed by atoms with Crippen molar-refractivity contribution in [2.75, 3.05) is 13.6 Å². The van der Waals surface area contributed by atoms with Gasteiger partial charge in [0.15, 0.2) is 0 Å². The highest BCUT2D eigenvalue weighted by Gasteiger charge is 2.27. The number of rotatable bonds is 4. The van der Waals surface area contributed by atoms with Gasteiger partial charge in [-0.25, -0.2) is 0 Å². The summed E-state index contributed by atoms with van der Waals surface area (Å²) in [5.41, 5.74) is 7.08. The molecule has 0 aliphatic heterocycles. The first-order valence-electron chi connectivity index (χ1n) is 5.65. The van der Waals surface area contributed by atoms with E-state index in [0.717, 1.165) is 6.04 Å². The molecule has 1 aromatic rings. The topological polar surface area (TPSA) is 42.1 Å². The van der Waals surface area contributed by atoms with Crippen LogP contribution in [-0.2, 0) is 0 Å². The number of likely N-dealkylation sites (N-methyl/N-ethyl adjacent to an activating group) is 1. The Kier molecular flexibility index (Phi) is 3.34. The van der Waals surface area contributed by atoms with Gasteiger partial charge in [-0.1, -0.05) is 12.5 Å². The predicted octanol–water partition coefficient (Wildman–Crippen LogP) is 1.57. The maximum absolute atomic E-state index is 5.85. The highest BCUT2D eigenvalue weighted by Crippen LogP contribution is 2.29. The Morgan fingerprint density at radius 2 is 2.40 bits per heavy atom. The van der Waals surface area contributed by atoms with Crippen LogP contribution in [0.1, 0.15) is 30.9 Å². The number of aromatic nitrogens is 1. The molecule has 1 aliphatic carbocycles. The summed E-state index contributed by atoms with van der Waals surface area (Å²) in [6, 6.07) is 5.13. The number of pyridine rings is 1. The van der Waals surface area contributed by atoms with Gasteiger partial charge in [0.1, 0.15) is 0 Å². The maximum Gasteiger partial charge on any atom is 0.0485 e. The minimum absolute atomic E-state index is 0.323. The first-order chi connectivity index (χ1) is 7.33. The second kappa shape index (κ2) is 4.73. The fraction of sp³-hybridized carbons (Fsp3) is 0.583. The monoisotopic (exact) mass is 205 g/mol. The van der Waals surface area contributed by atoms with Crippen LogP contribution in [0, 0.1) is 0 Å². The zero-order valence-electron chi connectivity index (χ0n) is 9.26. The average Bonchev–Trinajstić information content (AvgIpc) is 2.18. The highest BCUT2D eigenvalue weighted by atomic mass is 15.2. The second-order valence-electron chi connectivity index (χ2n) is 4.29. The molecule has 1 atom stereocenters. The zero-order chi connectivity index (χ0) is 10.7. The normalized spacial score (nSPS) is 18.9. The quantitative estimate of drug-likeness (QED) is 0.811. The van der Waals surface area contributed by atoms with E-state index in [1.54, 1.807) is 6.20 Å². The molecule has 2 N–H and O–H groups in total. The molecule has 0 spiro atoms. The van der Waals surface area contributed by atoms with Crippen molar-refractivity contribution < 1.29 is 0 Å². The van der Waals surface area contributed by atoms with Crippen LogP contribution in [0.5, 0.6) is 0 Å². The summed E-state index contributed by atoms with van der Waals surface area (Å²) in [5.74, 6) is 0. The van der Waals surface area contributed by atoms with Gasteiger partial charge in [-0.3, -0.25) is 9.88 Å². The second-order valence-corrected chi connectivity index (χ2v) is 4.29. The largest absolute Gasteiger partial charge is 0.329 e. The molecule has 2 rings (SSSR count). The van der Waals surface area contributed by atoms with E-state index in [4.69, 9.17) is 5.73 Å². The number of hydrogen-bond acceptors (Lipinski definition) is 3. The van der Waals surface area contributed by atoms with Gasteiger partial charge in [0.25, 0.3) is 0 Å². The molecule has 0 bridgehead atoms. The third kappa shape index (κ3) is 2.19. The highest BCUT2D eigenvalue weighted by molar-refractivity contribution is 5.15. The average molecular weight is 205 g/mol. The van der Waals surface area contributed by atoms with E-state index in [0.29, 0.717) is 12.6 Å². The van der Waals surface area contributed by atoms with Gasteiger partial charge in [0.05, 0.1) is 0 Å². The lowest BCUT2D eigenvalue weighted by molar-refractivity contribution is 0.113.